The number of amides is 2. The van der Waals surface area contributed by atoms with E-state index >= 15 is 0 Å². The fourth-order valence-corrected chi connectivity index (χ4v) is 2.43. The van der Waals surface area contributed by atoms with Gasteiger partial charge >= 0.3 is 12.0 Å². The van der Waals surface area contributed by atoms with E-state index in [0.29, 0.717) is 26.3 Å². The Morgan fingerprint density at radius 2 is 2.21 bits per heavy atom. The number of carbonyl (C=O) groups excluding carboxylic acids is 1. The second-order valence-corrected chi connectivity index (χ2v) is 5.40. The minimum atomic E-state index is -0.994. The summed E-state index contributed by atoms with van der Waals surface area (Å²) in [5.74, 6) is -0.994. The molecule has 0 saturated carbocycles. The number of ether oxygens (including phenoxy) is 2. The minimum Gasteiger partial charge on any atom is -0.480 e. The number of carboxylic acid groups (broad SMARTS) is 1. The van der Waals surface area contributed by atoms with Crippen LogP contribution >= 0.6 is 0 Å². The quantitative estimate of drug-likeness (QED) is 0.779. The first-order chi connectivity index (χ1) is 8.91. The second-order valence-electron chi connectivity index (χ2n) is 5.40. The Kier molecular flexibility index (Phi) is 3.96. The first-order valence-corrected chi connectivity index (χ1v) is 6.36. The summed E-state index contributed by atoms with van der Waals surface area (Å²) in [4.78, 5) is 26.0. The maximum absolute atomic E-state index is 12.2. The van der Waals surface area contributed by atoms with Crippen LogP contribution in [0.25, 0.3) is 0 Å². The standard InChI is InChI=1S/C12H20N2O5/c1-12(19-6-10(15)16)7-14(8-12)11(17)13(2)9-3-4-18-5-9/h9H,3-8H2,1-2H3,(H,15,16). The van der Waals surface area contributed by atoms with E-state index in [2.05, 4.69) is 0 Å². The van der Waals surface area contributed by atoms with E-state index in [-0.39, 0.29) is 18.7 Å². The van der Waals surface area contributed by atoms with Crippen molar-refractivity contribution in [2.24, 2.45) is 0 Å². The largest absolute Gasteiger partial charge is 0.480 e. The summed E-state index contributed by atoms with van der Waals surface area (Å²) in [6.45, 7) is 3.63. The molecule has 19 heavy (non-hydrogen) atoms. The number of carbonyl (C=O) groups is 2. The molecule has 0 aromatic carbocycles. The van der Waals surface area contributed by atoms with Gasteiger partial charge < -0.3 is 24.4 Å². The number of hydrogen-bond donors (Lipinski definition) is 1. The zero-order valence-corrected chi connectivity index (χ0v) is 11.3. The summed E-state index contributed by atoms with van der Waals surface area (Å²) in [5.41, 5.74) is -0.541. The molecule has 0 spiro atoms. The van der Waals surface area contributed by atoms with Gasteiger partial charge in [0.25, 0.3) is 0 Å². The lowest BCUT2D eigenvalue weighted by Gasteiger charge is -2.48. The molecule has 2 aliphatic rings. The smallest absolute Gasteiger partial charge is 0.329 e. The topological polar surface area (TPSA) is 79.3 Å². The SMILES string of the molecule is CN(C(=O)N1CC(C)(OCC(=O)O)C1)C1CCOC1. The second kappa shape index (κ2) is 5.34. The molecule has 0 aliphatic carbocycles. The van der Waals surface area contributed by atoms with Crippen molar-refractivity contribution in [3.8, 4) is 0 Å². The van der Waals surface area contributed by atoms with Gasteiger partial charge in [-0.15, -0.1) is 0 Å². The summed E-state index contributed by atoms with van der Waals surface area (Å²) in [5, 5.41) is 8.58. The average Bonchev–Trinajstić information content (AvgIpc) is 2.84. The fraction of sp³-hybridized carbons (Fsp3) is 0.833. The van der Waals surface area contributed by atoms with Crippen LogP contribution in [0.5, 0.6) is 0 Å². The lowest BCUT2D eigenvalue weighted by atomic mass is 9.97. The molecule has 2 fully saturated rings. The summed E-state index contributed by atoms with van der Waals surface area (Å²) in [7, 11) is 1.77. The number of hydrogen-bond acceptors (Lipinski definition) is 4. The van der Waals surface area contributed by atoms with Crippen LogP contribution in [0.1, 0.15) is 13.3 Å². The van der Waals surface area contributed by atoms with E-state index in [1.807, 2.05) is 6.92 Å². The third-order valence-electron chi connectivity index (χ3n) is 3.62. The third-order valence-corrected chi connectivity index (χ3v) is 3.62. The van der Waals surface area contributed by atoms with E-state index < -0.39 is 11.6 Å². The normalized spacial score (nSPS) is 24.9. The van der Waals surface area contributed by atoms with Crippen LogP contribution in [0.2, 0.25) is 0 Å². The highest BCUT2D eigenvalue weighted by Gasteiger charge is 2.44. The molecule has 0 bridgehead atoms. The molecule has 0 aromatic rings. The van der Waals surface area contributed by atoms with Crippen LogP contribution in [0.3, 0.4) is 0 Å². The van der Waals surface area contributed by atoms with Crippen molar-refractivity contribution in [1.82, 2.24) is 9.80 Å². The molecule has 2 aliphatic heterocycles. The fourth-order valence-electron chi connectivity index (χ4n) is 2.43. The number of aliphatic carboxylic acids is 1. The van der Waals surface area contributed by atoms with Crippen LogP contribution in [0, 0.1) is 0 Å². The molecular formula is C12H20N2O5. The van der Waals surface area contributed by atoms with Gasteiger partial charge in [-0.3, -0.25) is 0 Å². The Bertz CT molecular complexity index is 361. The van der Waals surface area contributed by atoms with Gasteiger partial charge in [0.1, 0.15) is 12.2 Å². The molecule has 1 unspecified atom stereocenters. The van der Waals surface area contributed by atoms with Gasteiger partial charge in [0.05, 0.1) is 25.7 Å². The number of urea groups is 1. The van der Waals surface area contributed by atoms with Crippen molar-refractivity contribution in [2.75, 3.05) is 40.0 Å². The minimum absolute atomic E-state index is 0.0492. The zero-order valence-electron chi connectivity index (χ0n) is 11.3. The molecule has 2 amide bonds. The maximum Gasteiger partial charge on any atom is 0.329 e. The van der Waals surface area contributed by atoms with Crippen molar-refractivity contribution < 1.29 is 24.2 Å². The monoisotopic (exact) mass is 272 g/mol. The molecule has 7 heteroatoms. The van der Waals surface area contributed by atoms with Crippen LogP contribution < -0.4 is 0 Å². The molecule has 0 aromatic heterocycles. The van der Waals surface area contributed by atoms with Crippen LogP contribution in [-0.4, -0.2) is 78.5 Å². The molecule has 2 rings (SSSR count). The van der Waals surface area contributed by atoms with Gasteiger partial charge in [0.15, 0.2) is 0 Å². The third kappa shape index (κ3) is 3.16. The van der Waals surface area contributed by atoms with Crippen LogP contribution in [-0.2, 0) is 14.3 Å². The Hall–Kier alpha value is -1.34. The van der Waals surface area contributed by atoms with Gasteiger partial charge in [-0.1, -0.05) is 0 Å². The summed E-state index contributed by atoms with van der Waals surface area (Å²) >= 11 is 0. The molecule has 0 radical (unpaired) electrons. The molecule has 2 saturated heterocycles. The van der Waals surface area contributed by atoms with Gasteiger partial charge in [-0.25, -0.2) is 9.59 Å². The summed E-state index contributed by atoms with van der Waals surface area (Å²) in [6.07, 6.45) is 0.864. The van der Waals surface area contributed by atoms with E-state index in [1.165, 1.54) is 0 Å². The van der Waals surface area contributed by atoms with Crippen LogP contribution in [0.15, 0.2) is 0 Å². The first-order valence-electron chi connectivity index (χ1n) is 6.36. The number of nitrogens with zero attached hydrogens (tertiary/aromatic N) is 2. The van der Waals surface area contributed by atoms with Crippen molar-refractivity contribution in [3.63, 3.8) is 0 Å². The predicted octanol–water partition coefficient (Wildman–Crippen LogP) is 0.00260. The predicted molar refractivity (Wildman–Crippen MR) is 65.9 cm³/mol. The lowest BCUT2D eigenvalue weighted by molar-refractivity contribution is -0.160. The molecule has 1 N–H and O–H groups in total. The summed E-state index contributed by atoms with van der Waals surface area (Å²) < 4.78 is 10.5. The number of carboxylic acids is 1. The maximum atomic E-state index is 12.2. The number of likely N-dealkylation sites (N-methyl/N-ethyl adjacent to an activating group) is 1. The van der Waals surface area contributed by atoms with E-state index in [9.17, 15) is 9.59 Å². The van der Waals surface area contributed by atoms with E-state index in [0.717, 1.165) is 6.42 Å². The number of likely N-dealkylation sites (tertiary alicyclic amines) is 1. The Morgan fingerprint density at radius 3 is 2.74 bits per heavy atom. The van der Waals surface area contributed by atoms with E-state index in [4.69, 9.17) is 14.6 Å². The Balaban J connectivity index is 1.78. The summed E-state index contributed by atoms with van der Waals surface area (Å²) in [6, 6.07) is 0.0891. The van der Waals surface area contributed by atoms with Crippen molar-refractivity contribution in [2.45, 2.75) is 25.0 Å². The highest BCUT2D eigenvalue weighted by atomic mass is 16.5. The molecule has 7 nitrogen and oxygen atoms in total. The molecule has 108 valence electrons. The van der Waals surface area contributed by atoms with Crippen molar-refractivity contribution in [1.29, 1.82) is 0 Å². The first kappa shape index (κ1) is 14.1. The van der Waals surface area contributed by atoms with E-state index in [1.54, 1.807) is 16.8 Å². The van der Waals surface area contributed by atoms with Gasteiger partial charge in [-0.05, 0) is 13.3 Å². The Labute approximate surface area is 112 Å². The van der Waals surface area contributed by atoms with Crippen LogP contribution in [0.4, 0.5) is 4.79 Å². The number of rotatable bonds is 4. The molecular weight excluding hydrogens is 252 g/mol. The molecule has 2 heterocycles. The Morgan fingerprint density at radius 1 is 1.53 bits per heavy atom. The van der Waals surface area contributed by atoms with Gasteiger partial charge in [-0.2, -0.15) is 0 Å². The van der Waals surface area contributed by atoms with Gasteiger partial charge in [0, 0.05) is 13.7 Å². The highest BCUT2D eigenvalue weighted by Crippen LogP contribution is 2.26. The van der Waals surface area contributed by atoms with Crippen molar-refractivity contribution >= 4 is 12.0 Å². The van der Waals surface area contributed by atoms with Crippen molar-refractivity contribution in [3.05, 3.63) is 0 Å². The zero-order chi connectivity index (χ0) is 14.0. The molecule has 1 atom stereocenters. The lowest BCUT2D eigenvalue weighted by Crippen LogP contribution is -2.66. The average molecular weight is 272 g/mol. The van der Waals surface area contributed by atoms with Gasteiger partial charge in [0.2, 0.25) is 0 Å². The highest BCUT2D eigenvalue weighted by molar-refractivity contribution is 5.76.